The van der Waals surface area contributed by atoms with Crippen LogP contribution in [0.2, 0.25) is 5.02 Å². The van der Waals surface area contributed by atoms with Gasteiger partial charge in [-0.15, -0.1) is 12.4 Å². The van der Waals surface area contributed by atoms with Crippen molar-refractivity contribution < 1.29 is 13.9 Å². The fourth-order valence-electron chi connectivity index (χ4n) is 2.42. The van der Waals surface area contributed by atoms with Crippen LogP contribution in [0.1, 0.15) is 0 Å². The van der Waals surface area contributed by atoms with Crippen LogP contribution in [-0.4, -0.2) is 37.3 Å². The maximum atomic E-state index is 14.1. The highest BCUT2D eigenvalue weighted by molar-refractivity contribution is 6.30. The zero-order valence-corrected chi connectivity index (χ0v) is 16.3. The fraction of sp³-hybridized carbons (Fsp3) is 0.222. The van der Waals surface area contributed by atoms with E-state index in [-0.39, 0.29) is 18.1 Å². The van der Waals surface area contributed by atoms with E-state index in [1.54, 1.807) is 31.4 Å². The number of benzene rings is 2. The van der Waals surface area contributed by atoms with Gasteiger partial charge in [0.2, 0.25) is 0 Å². The molecule has 1 aromatic heterocycles. The van der Waals surface area contributed by atoms with Crippen molar-refractivity contribution in [3.63, 3.8) is 0 Å². The van der Waals surface area contributed by atoms with E-state index >= 15 is 0 Å². The summed E-state index contributed by atoms with van der Waals surface area (Å²) in [5.41, 5.74) is 0.917. The van der Waals surface area contributed by atoms with Crippen molar-refractivity contribution in [3.05, 3.63) is 47.5 Å². The highest BCUT2D eigenvalue weighted by Gasteiger charge is 2.13. The molecule has 0 saturated carbocycles. The lowest BCUT2D eigenvalue weighted by molar-refractivity contribution is 0.296. The predicted molar refractivity (Wildman–Crippen MR) is 107 cm³/mol. The first-order valence-electron chi connectivity index (χ1n) is 7.94. The summed E-state index contributed by atoms with van der Waals surface area (Å²) in [6, 6.07) is 7.93. The second kappa shape index (κ2) is 9.55. The van der Waals surface area contributed by atoms with E-state index in [0.717, 1.165) is 0 Å². The van der Waals surface area contributed by atoms with Crippen LogP contribution in [0.25, 0.3) is 10.9 Å². The highest BCUT2D eigenvalue weighted by atomic mass is 35.5. The summed E-state index contributed by atoms with van der Waals surface area (Å²) >= 11 is 5.80. The molecule has 0 atom stereocenters. The molecule has 0 spiro atoms. The molecule has 27 heavy (non-hydrogen) atoms. The fourth-order valence-corrected chi connectivity index (χ4v) is 2.58. The standard InChI is InChI=1S/C18H18ClFN4O2.ClH/c1-21-5-6-26-17-9-15-12(8-16(17)25-2)18(23-10-22-15)24-14-4-3-11(19)7-13(14)20;/h3-4,7-10,21H,5-6H2,1-2H3,(H,22,23,24);1H. The zero-order valence-electron chi connectivity index (χ0n) is 14.8. The van der Waals surface area contributed by atoms with Gasteiger partial charge in [0.1, 0.15) is 24.6 Å². The summed E-state index contributed by atoms with van der Waals surface area (Å²) in [5, 5.41) is 6.99. The van der Waals surface area contributed by atoms with Crippen molar-refractivity contribution in [2.45, 2.75) is 0 Å². The number of ether oxygens (including phenoxy) is 2. The Labute approximate surface area is 167 Å². The Hall–Kier alpha value is -2.35. The second-order valence-corrected chi connectivity index (χ2v) is 5.88. The van der Waals surface area contributed by atoms with Crippen LogP contribution in [0.3, 0.4) is 0 Å². The van der Waals surface area contributed by atoms with Gasteiger partial charge in [0.05, 0.1) is 18.3 Å². The van der Waals surface area contributed by atoms with E-state index in [4.69, 9.17) is 21.1 Å². The molecule has 0 unspecified atom stereocenters. The Kier molecular flexibility index (Phi) is 7.41. The normalized spacial score (nSPS) is 10.4. The summed E-state index contributed by atoms with van der Waals surface area (Å²) in [4.78, 5) is 8.49. The summed E-state index contributed by atoms with van der Waals surface area (Å²) in [6.45, 7) is 1.19. The van der Waals surface area contributed by atoms with E-state index in [1.165, 1.54) is 12.4 Å². The van der Waals surface area contributed by atoms with E-state index in [0.29, 0.717) is 46.4 Å². The van der Waals surface area contributed by atoms with E-state index in [9.17, 15) is 4.39 Å². The van der Waals surface area contributed by atoms with Gasteiger partial charge in [-0.3, -0.25) is 0 Å². The molecule has 144 valence electrons. The first-order chi connectivity index (χ1) is 12.6. The molecule has 0 radical (unpaired) electrons. The molecule has 1 heterocycles. The van der Waals surface area contributed by atoms with Gasteiger partial charge in [0.15, 0.2) is 11.5 Å². The Balaban J connectivity index is 0.00000261. The Morgan fingerprint density at radius 2 is 1.96 bits per heavy atom. The van der Waals surface area contributed by atoms with Crippen molar-refractivity contribution in [1.29, 1.82) is 0 Å². The van der Waals surface area contributed by atoms with Crippen LogP contribution < -0.4 is 20.1 Å². The van der Waals surface area contributed by atoms with Gasteiger partial charge in [-0.2, -0.15) is 0 Å². The second-order valence-electron chi connectivity index (χ2n) is 5.44. The summed E-state index contributed by atoms with van der Waals surface area (Å²) in [7, 11) is 3.41. The first kappa shape index (κ1) is 21.0. The molecule has 3 aromatic rings. The lowest BCUT2D eigenvalue weighted by Gasteiger charge is -2.14. The molecule has 0 saturated heterocycles. The maximum Gasteiger partial charge on any atom is 0.163 e. The minimum atomic E-state index is -0.469. The number of hydrogen-bond acceptors (Lipinski definition) is 6. The molecule has 0 amide bonds. The topological polar surface area (TPSA) is 68.3 Å². The number of halogens is 3. The lowest BCUT2D eigenvalue weighted by Crippen LogP contribution is -2.16. The number of fused-ring (bicyclic) bond motifs is 1. The monoisotopic (exact) mass is 412 g/mol. The number of nitrogens with zero attached hydrogens (tertiary/aromatic N) is 2. The Morgan fingerprint density at radius 1 is 1.15 bits per heavy atom. The highest BCUT2D eigenvalue weighted by Crippen LogP contribution is 2.35. The molecule has 0 aliphatic rings. The minimum absolute atomic E-state index is 0. The van der Waals surface area contributed by atoms with Crippen LogP contribution >= 0.6 is 24.0 Å². The van der Waals surface area contributed by atoms with Crippen molar-refractivity contribution in [2.24, 2.45) is 0 Å². The van der Waals surface area contributed by atoms with E-state index in [1.807, 2.05) is 7.05 Å². The van der Waals surface area contributed by atoms with Crippen molar-refractivity contribution >= 4 is 46.4 Å². The molecule has 0 aliphatic heterocycles. The smallest absolute Gasteiger partial charge is 0.163 e. The number of anilines is 2. The van der Waals surface area contributed by atoms with Gasteiger partial charge in [-0.05, 0) is 31.3 Å². The zero-order chi connectivity index (χ0) is 18.5. The van der Waals surface area contributed by atoms with E-state index in [2.05, 4.69) is 20.6 Å². The van der Waals surface area contributed by atoms with Crippen molar-refractivity contribution in [1.82, 2.24) is 15.3 Å². The number of rotatable bonds is 7. The van der Waals surface area contributed by atoms with Crippen LogP contribution in [0.5, 0.6) is 11.5 Å². The number of aromatic nitrogens is 2. The third kappa shape index (κ3) is 4.88. The van der Waals surface area contributed by atoms with Crippen LogP contribution in [-0.2, 0) is 0 Å². The van der Waals surface area contributed by atoms with Gasteiger partial charge >= 0.3 is 0 Å². The molecule has 6 nitrogen and oxygen atoms in total. The summed E-state index contributed by atoms with van der Waals surface area (Å²) in [6.07, 6.45) is 1.41. The number of likely N-dealkylation sites (N-methyl/N-ethyl adjacent to an activating group) is 1. The average Bonchev–Trinajstić information content (AvgIpc) is 2.64. The van der Waals surface area contributed by atoms with Gasteiger partial charge in [0, 0.05) is 23.0 Å². The maximum absolute atomic E-state index is 14.1. The molecule has 2 aromatic carbocycles. The Morgan fingerprint density at radius 3 is 2.67 bits per heavy atom. The van der Waals surface area contributed by atoms with Crippen LogP contribution in [0.15, 0.2) is 36.7 Å². The first-order valence-corrected chi connectivity index (χ1v) is 8.32. The molecule has 0 aliphatic carbocycles. The summed E-state index contributed by atoms with van der Waals surface area (Å²) < 4.78 is 25.2. The molecule has 0 fully saturated rings. The molecule has 0 bridgehead atoms. The number of nitrogens with one attached hydrogen (secondary N) is 2. The summed E-state index contributed by atoms with van der Waals surface area (Å²) in [5.74, 6) is 1.11. The quantitative estimate of drug-likeness (QED) is 0.566. The minimum Gasteiger partial charge on any atom is -0.493 e. The van der Waals surface area contributed by atoms with Gasteiger partial charge in [-0.1, -0.05) is 11.6 Å². The number of methoxy groups -OCH3 is 1. The Bertz CT molecular complexity index is 927. The number of hydrogen-bond donors (Lipinski definition) is 2. The molecule has 9 heteroatoms. The third-order valence-corrected chi connectivity index (χ3v) is 3.95. The van der Waals surface area contributed by atoms with Crippen LogP contribution in [0.4, 0.5) is 15.9 Å². The molecule has 2 N–H and O–H groups in total. The molecular weight excluding hydrogens is 394 g/mol. The largest absolute Gasteiger partial charge is 0.493 e. The lowest BCUT2D eigenvalue weighted by atomic mass is 10.2. The van der Waals surface area contributed by atoms with Gasteiger partial charge in [-0.25, -0.2) is 14.4 Å². The van der Waals surface area contributed by atoms with Gasteiger partial charge in [0.25, 0.3) is 0 Å². The van der Waals surface area contributed by atoms with Crippen LogP contribution in [0, 0.1) is 5.82 Å². The van der Waals surface area contributed by atoms with E-state index < -0.39 is 5.82 Å². The van der Waals surface area contributed by atoms with Crippen molar-refractivity contribution in [3.8, 4) is 11.5 Å². The third-order valence-electron chi connectivity index (χ3n) is 3.71. The van der Waals surface area contributed by atoms with Gasteiger partial charge < -0.3 is 20.1 Å². The molecule has 3 rings (SSSR count). The average molecular weight is 413 g/mol. The SMILES string of the molecule is CNCCOc1cc2ncnc(Nc3ccc(Cl)cc3F)c2cc1OC.Cl. The molecular formula is C18H19Cl2FN4O2. The van der Waals surface area contributed by atoms with Crippen molar-refractivity contribution in [2.75, 3.05) is 32.6 Å². The predicted octanol–water partition coefficient (Wildman–Crippen LogP) is 4.19.